The fraction of sp³-hybridized carbons (Fsp3) is 0.118. The van der Waals surface area contributed by atoms with Crippen molar-refractivity contribution in [2.45, 2.75) is 13.1 Å². The molecule has 2 heterocycles. The van der Waals surface area contributed by atoms with E-state index in [1.54, 1.807) is 6.92 Å². The molecule has 0 aliphatic rings. The van der Waals surface area contributed by atoms with Gasteiger partial charge in [0.15, 0.2) is 5.76 Å². The van der Waals surface area contributed by atoms with Crippen LogP contribution in [0.4, 0.5) is 24.5 Å². The molecular weight excluding hydrogens is 383 g/mol. The van der Waals surface area contributed by atoms with E-state index in [2.05, 4.69) is 15.6 Å². The number of aromatic nitrogens is 1. The Hall–Kier alpha value is -3.14. The Morgan fingerprint density at radius 1 is 1.15 bits per heavy atom. The smallest absolute Gasteiger partial charge is 0.418 e. The lowest BCUT2D eigenvalue weighted by atomic mass is 10.1. The monoisotopic (exact) mass is 395 g/mol. The number of benzene rings is 1. The standard InChI is InChI=1S/C17H12F3N3O3S/c1-9-21-13(8-27-9)15(24)23-12-5-4-10(7-11(12)17(18,19)20)22-16(25)14-3-2-6-26-14/h2-8H,1H3,(H,22,25)(H,23,24). The fourth-order valence-electron chi connectivity index (χ4n) is 2.22. The van der Waals surface area contributed by atoms with Gasteiger partial charge in [0, 0.05) is 11.1 Å². The zero-order valence-electron chi connectivity index (χ0n) is 13.8. The summed E-state index contributed by atoms with van der Waals surface area (Å²) < 4.78 is 45.1. The molecule has 0 aliphatic carbocycles. The van der Waals surface area contributed by atoms with Gasteiger partial charge in [0.2, 0.25) is 0 Å². The molecule has 0 atom stereocenters. The number of hydrogen-bond acceptors (Lipinski definition) is 5. The highest BCUT2D eigenvalue weighted by Gasteiger charge is 2.34. The molecule has 6 nitrogen and oxygen atoms in total. The molecular formula is C17H12F3N3O3S. The Labute approximate surface area is 155 Å². The van der Waals surface area contributed by atoms with Crippen LogP contribution in [0.15, 0.2) is 46.4 Å². The highest BCUT2D eigenvalue weighted by atomic mass is 32.1. The third-order valence-electron chi connectivity index (χ3n) is 3.43. The van der Waals surface area contributed by atoms with E-state index in [4.69, 9.17) is 4.42 Å². The minimum Gasteiger partial charge on any atom is -0.459 e. The number of alkyl halides is 3. The van der Waals surface area contributed by atoms with Crippen LogP contribution >= 0.6 is 11.3 Å². The number of nitrogens with one attached hydrogen (secondary N) is 2. The van der Waals surface area contributed by atoms with E-state index in [-0.39, 0.29) is 17.1 Å². The third kappa shape index (κ3) is 4.34. The Bertz CT molecular complexity index is 981. The minimum absolute atomic E-state index is 0.0285. The van der Waals surface area contributed by atoms with Crippen molar-refractivity contribution in [2.75, 3.05) is 10.6 Å². The highest BCUT2D eigenvalue weighted by Crippen LogP contribution is 2.37. The summed E-state index contributed by atoms with van der Waals surface area (Å²) in [6.07, 6.45) is -3.47. The van der Waals surface area contributed by atoms with Gasteiger partial charge in [-0.2, -0.15) is 13.2 Å². The average Bonchev–Trinajstić information content (AvgIpc) is 3.26. The maximum atomic E-state index is 13.4. The van der Waals surface area contributed by atoms with Crippen LogP contribution in [-0.4, -0.2) is 16.8 Å². The molecule has 0 aliphatic heterocycles. The van der Waals surface area contributed by atoms with Crippen LogP contribution in [-0.2, 0) is 6.18 Å². The first kappa shape index (κ1) is 18.6. The van der Waals surface area contributed by atoms with Gasteiger partial charge in [-0.25, -0.2) is 4.98 Å². The van der Waals surface area contributed by atoms with E-state index in [9.17, 15) is 22.8 Å². The minimum atomic E-state index is -4.74. The largest absolute Gasteiger partial charge is 0.459 e. The van der Waals surface area contributed by atoms with Gasteiger partial charge in [-0.1, -0.05) is 0 Å². The summed E-state index contributed by atoms with van der Waals surface area (Å²) in [7, 11) is 0. The molecule has 3 aromatic rings. The zero-order chi connectivity index (χ0) is 19.6. The molecule has 1 aromatic carbocycles. The molecule has 140 valence electrons. The summed E-state index contributed by atoms with van der Waals surface area (Å²) in [5, 5.41) is 6.60. The second-order valence-electron chi connectivity index (χ2n) is 5.40. The van der Waals surface area contributed by atoms with Crippen LogP contribution in [0.3, 0.4) is 0 Å². The first-order valence-electron chi connectivity index (χ1n) is 7.53. The lowest BCUT2D eigenvalue weighted by molar-refractivity contribution is -0.136. The van der Waals surface area contributed by atoms with Gasteiger partial charge in [-0.15, -0.1) is 11.3 Å². The SMILES string of the molecule is Cc1nc(C(=O)Nc2ccc(NC(=O)c3ccco3)cc2C(F)(F)F)cs1. The summed E-state index contributed by atoms with van der Waals surface area (Å²) in [5.41, 5.74) is -1.60. The van der Waals surface area contributed by atoms with Crippen molar-refractivity contribution >= 4 is 34.5 Å². The molecule has 10 heteroatoms. The fourth-order valence-corrected chi connectivity index (χ4v) is 2.81. The Morgan fingerprint density at radius 2 is 1.93 bits per heavy atom. The van der Waals surface area contributed by atoms with E-state index in [0.29, 0.717) is 5.01 Å². The molecule has 2 amide bonds. The predicted octanol–water partition coefficient (Wildman–Crippen LogP) is 4.57. The highest BCUT2D eigenvalue weighted by molar-refractivity contribution is 7.09. The average molecular weight is 395 g/mol. The quantitative estimate of drug-likeness (QED) is 0.678. The Kier molecular flexibility index (Phi) is 5.00. The number of aryl methyl sites for hydroxylation is 1. The number of carbonyl (C=O) groups is 2. The lowest BCUT2D eigenvalue weighted by Crippen LogP contribution is -2.18. The van der Waals surface area contributed by atoms with Crippen LogP contribution in [0.1, 0.15) is 31.6 Å². The number of amides is 2. The molecule has 3 rings (SSSR count). The molecule has 0 bridgehead atoms. The van der Waals surface area contributed by atoms with Gasteiger partial charge in [-0.05, 0) is 37.3 Å². The van der Waals surface area contributed by atoms with Crippen molar-refractivity contribution in [1.82, 2.24) is 4.98 Å². The second kappa shape index (κ2) is 7.23. The molecule has 2 N–H and O–H groups in total. The summed E-state index contributed by atoms with van der Waals surface area (Å²) in [4.78, 5) is 28.0. The third-order valence-corrected chi connectivity index (χ3v) is 4.20. The number of carbonyl (C=O) groups excluding carboxylic acids is 2. The summed E-state index contributed by atoms with van der Waals surface area (Å²) in [5.74, 6) is -1.49. The van der Waals surface area contributed by atoms with Crippen LogP contribution in [0.25, 0.3) is 0 Å². The van der Waals surface area contributed by atoms with Crippen molar-refractivity contribution in [3.63, 3.8) is 0 Å². The lowest BCUT2D eigenvalue weighted by Gasteiger charge is -2.15. The molecule has 0 radical (unpaired) electrons. The summed E-state index contributed by atoms with van der Waals surface area (Å²) in [6, 6.07) is 5.91. The van der Waals surface area contributed by atoms with Crippen molar-refractivity contribution < 1.29 is 27.2 Å². The van der Waals surface area contributed by atoms with E-state index in [1.807, 2.05) is 0 Å². The van der Waals surface area contributed by atoms with Crippen LogP contribution < -0.4 is 10.6 Å². The maximum absolute atomic E-state index is 13.4. The molecule has 2 aromatic heterocycles. The van der Waals surface area contributed by atoms with Crippen molar-refractivity contribution in [3.8, 4) is 0 Å². The first-order valence-corrected chi connectivity index (χ1v) is 8.41. The Morgan fingerprint density at radius 3 is 2.52 bits per heavy atom. The van der Waals surface area contributed by atoms with Crippen LogP contribution in [0, 0.1) is 6.92 Å². The predicted molar refractivity (Wildman–Crippen MR) is 92.9 cm³/mol. The van der Waals surface area contributed by atoms with Gasteiger partial charge in [-0.3, -0.25) is 9.59 Å². The normalized spacial score (nSPS) is 11.3. The van der Waals surface area contributed by atoms with E-state index in [1.165, 1.54) is 41.2 Å². The molecule has 0 spiro atoms. The number of thiazole rings is 1. The molecule has 0 fully saturated rings. The number of rotatable bonds is 4. The van der Waals surface area contributed by atoms with Gasteiger partial charge >= 0.3 is 6.18 Å². The van der Waals surface area contributed by atoms with E-state index < -0.39 is 29.2 Å². The number of halogens is 3. The first-order chi connectivity index (χ1) is 12.7. The molecule has 0 saturated carbocycles. The van der Waals surface area contributed by atoms with Crippen molar-refractivity contribution in [3.05, 3.63) is 64.0 Å². The van der Waals surface area contributed by atoms with Crippen LogP contribution in [0.2, 0.25) is 0 Å². The number of anilines is 2. The van der Waals surface area contributed by atoms with Gasteiger partial charge < -0.3 is 15.1 Å². The maximum Gasteiger partial charge on any atom is 0.418 e. The van der Waals surface area contributed by atoms with Crippen molar-refractivity contribution in [2.24, 2.45) is 0 Å². The molecule has 0 unspecified atom stereocenters. The topological polar surface area (TPSA) is 84.2 Å². The Balaban J connectivity index is 1.86. The van der Waals surface area contributed by atoms with Crippen molar-refractivity contribution in [1.29, 1.82) is 0 Å². The number of hydrogen-bond donors (Lipinski definition) is 2. The van der Waals surface area contributed by atoms with E-state index >= 15 is 0 Å². The number of nitrogens with zero attached hydrogens (tertiary/aromatic N) is 1. The number of furan rings is 1. The summed E-state index contributed by atoms with van der Waals surface area (Å²) in [6.45, 7) is 1.68. The van der Waals surface area contributed by atoms with Crippen LogP contribution in [0.5, 0.6) is 0 Å². The zero-order valence-corrected chi connectivity index (χ0v) is 14.6. The second-order valence-corrected chi connectivity index (χ2v) is 6.46. The van der Waals surface area contributed by atoms with Gasteiger partial charge in [0.25, 0.3) is 11.8 Å². The molecule has 27 heavy (non-hydrogen) atoms. The van der Waals surface area contributed by atoms with Gasteiger partial charge in [0.1, 0.15) is 5.69 Å². The summed E-state index contributed by atoms with van der Waals surface area (Å²) >= 11 is 1.21. The van der Waals surface area contributed by atoms with Gasteiger partial charge in [0.05, 0.1) is 22.5 Å². The molecule has 0 saturated heterocycles. The van der Waals surface area contributed by atoms with E-state index in [0.717, 1.165) is 12.1 Å².